The van der Waals surface area contributed by atoms with Gasteiger partial charge in [0.15, 0.2) is 0 Å². The zero-order valence-corrected chi connectivity index (χ0v) is 7.68. The average Bonchev–Trinajstić information content (AvgIpc) is 2.14. The van der Waals surface area contributed by atoms with Gasteiger partial charge in [0, 0.05) is 6.54 Å². The van der Waals surface area contributed by atoms with Crippen LogP contribution >= 0.6 is 0 Å². The number of amides is 1. The van der Waals surface area contributed by atoms with Crippen molar-refractivity contribution in [2.45, 2.75) is 25.4 Å². The van der Waals surface area contributed by atoms with E-state index in [0.29, 0.717) is 13.0 Å². The molecule has 1 spiro atoms. The van der Waals surface area contributed by atoms with Crippen molar-refractivity contribution in [3.05, 3.63) is 0 Å². The summed E-state index contributed by atoms with van der Waals surface area (Å²) in [6.45, 7) is 2.20. The van der Waals surface area contributed by atoms with Crippen LogP contribution in [0.5, 0.6) is 0 Å². The summed E-state index contributed by atoms with van der Waals surface area (Å²) in [4.78, 5) is 11.7. The van der Waals surface area contributed by atoms with Gasteiger partial charge in [-0.05, 0) is 32.4 Å². The quantitative estimate of drug-likeness (QED) is 0.463. The van der Waals surface area contributed by atoms with Gasteiger partial charge in [-0.3, -0.25) is 4.79 Å². The van der Waals surface area contributed by atoms with Crippen LogP contribution in [-0.4, -0.2) is 36.8 Å². The molecule has 1 atom stereocenters. The molecule has 0 aromatic rings. The summed E-state index contributed by atoms with van der Waals surface area (Å²) in [5.41, 5.74) is -0.275. The van der Waals surface area contributed by atoms with E-state index in [1.807, 2.05) is 0 Å². The lowest BCUT2D eigenvalue weighted by atomic mass is 9.72. The van der Waals surface area contributed by atoms with Crippen LogP contribution in [0.15, 0.2) is 0 Å². The summed E-state index contributed by atoms with van der Waals surface area (Å²) in [6.07, 6.45) is 2.00. The van der Waals surface area contributed by atoms with Gasteiger partial charge in [0.05, 0.1) is 11.5 Å². The standard InChI is InChI=1S/C9H16N2O2/c12-7-5-9(8(13)11-6-7)1-3-10-4-2-9/h7,10,12H,1-6H2,(H,11,13). The molecule has 0 radical (unpaired) electrons. The van der Waals surface area contributed by atoms with Crippen molar-refractivity contribution in [2.75, 3.05) is 19.6 Å². The third kappa shape index (κ3) is 1.56. The van der Waals surface area contributed by atoms with Gasteiger partial charge >= 0.3 is 0 Å². The van der Waals surface area contributed by atoms with Crippen LogP contribution < -0.4 is 10.6 Å². The number of nitrogens with one attached hydrogen (secondary N) is 2. The Bertz CT molecular complexity index is 212. The van der Waals surface area contributed by atoms with Crippen molar-refractivity contribution < 1.29 is 9.90 Å². The van der Waals surface area contributed by atoms with Crippen molar-refractivity contribution in [3.8, 4) is 0 Å². The lowest BCUT2D eigenvalue weighted by Crippen LogP contribution is -2.55. The van der Waals surface area contributed by atoms with E-state index in [4.69, 9.17) is 0 Å². The Kier molecular flexibility index (Phi) is 2.26. The van der Waals surface area contributed by atoms with Gasteiger partial charge in [0.1, 0.15) is 0 Å². The van der Waals surface area contributed by atoms with Gasteiger partial charge in [-0.25, -0.2) is 0 Å². The molecule has 1 amide bonds. The summed E-state index contributed by atoms with van der Waals surface area (Å²) < 4.78 is 0. The maximum Gasteiger partial charge on any atom is 0.226 e. The van der Waals surface area contributed by atoms with Gasteiger partial charge in [-0.2, -0.15) is 0 Å². The number of aliphatic hydroxyl groups excluding tert-OH is 1. The molecule has 0 bridgehead atoms. The Labute approximate surface area is 77.7 Å². The minimum absolute atomic E-state index is 0.138. The first kappa shape index (κ1) is 8.97. The van der Waals surface area contributed by atoms with Crippen LogP contribution in [0.25, 0.3) is 0 Å². The summed E-state index contributed by atoms with van der Waals surface area (Å²) in [5, 5.41) is 15.5. The fourth-order valence-electron chi connectivity index (χ4n) is 2.35. The van der Waals surface area contributed by atoms with Crippen molar-refractivity contribution in [3.63, 3.8) is 0 Å². The molecule has 2 rings (SSSR count). The third-order valence-electron chi connectivity index (χ3n) is 3.17. The summed E-state index contributed by atoms with van der Waals surface area (Å²) in [5.74, 6) is 0.138. The fourth-order valence-corrected chi connectivity index (χ4v) is 2.35. The second kappa shape index (κ2) is 3.27. The number of β-amino-alcohol motifs (C(OH)–C–C–N with tert-alkyl or cyclic N) is 1. The summed E-state index contributed by atoms with van der Waals surface area (Å²) in [7, 11) is 0. The van der Waals surface area contributed by atoms with Crippen LogP contribution in [0.4, 0.5) is 0 Å². The molecule has 1 unspecified atom stereocenters. The van der Waals surface area contributed by atoms with Crippen LogP contribution in [-0.2, 0) is 4.79 Å². The normalized spacial score (nSPS) is 33.0. The first-order chi connectivity index (χ1) is 6.23. The second-order valence-electron chi connectivity index (χ2n) is 4.10. The third-order valence-corrected chi connectivity index (χ3v) is 3.17. The molecule has 0 aromatic heterocycles. The highest BCUT2D eigenvalue weighted by atomic mass is 16.3. The summed E-state index contributed by atoms with van der Waals surface area (Å²) >= 11 is 0. The van der Waals surface area contributed by atoms with Gasteiger partial charge in [0.25, 0.3) is 0 Å². The zero-order valence-electron chi connectivity index (χ0n) is 7.68. The van der Waals surface area contributed by atoms with Gasteiger partial charge < -0.3 is 15.7 Å². The van der Waals surface area contributed by atoms with Gasteiger partial charge in [-0.15, -0.1) is 0 Å². The van der Waals surface area contributed by atoms with Crippen molar-refractivity contribution >= 4 is 5.91 Å². The highest BCUT2D eigenvalue weighted by Crippen LogP contribution is 2.36. The first-order valence-electron chi connectivity index (χ1n) is 4.90. The lowest BCUT2D eigenvalue weighted by molar-refractivity contribution is -0.139. The molecular formula is C9H16N2O2. The van der Waals surface area contributed by atoms with Crippen LogP contribution in [0, 0.1) is 5.41 Å². The van der Waals surface area contributed by atoms with Crippen LogP contribution in [0.2, 0.25) is 0 Å². The number of carbonyl (C=O) groups excluding carboxylic acids is 1. The summed E-state index contributed by atoms with van der Waals surface area (Å²) in [6, 6.07) is 0. The predicted molar refractivity (Wildman–Crippen MR) is 48.2 cm³/mol. The number of carbonyl (C=O) groups is 1. The van der Waals surface area contributed by atoms with E-state index in [1.165, 1.54) is 0 Å². The van der Waals surface area contributed by atoms with E-state index in [9.17, 15) is 9.90 Å². The number of rotatable bonds is 0. The molecule has 3 N–H and O–H groups in total. The monoisotopic (exact) mass is 184 g/mol. The molecule has 4 nitrogen and oxygen atoms in total. The van der Waals surface area contributed by atoms with E-state index in [-0.39, 0.29) is 17.4 Å². The lowest BCUT2D eigenvalue weighted by Gasteiger charge is -2.41. The smallest absolute Gasteiger partial charge is 0.226 e. The molecule has 2 fully saturated rings. The maximum absolute atomic E-state index is 11.7. The minimum Gasteiger partial charge on any atom is -0.391 e. The van der Waals surface area contributed by atoms with Gasteiger partial charge in [0.2, 0.25) is 5.91 Å². The molecule has 2 heterocycles. The predicted octanol–water partition coefficient (Wildman–Crippen LogP) is -0.763. The Morgan fingerprint density at radius 1 is 1.38 bits per heavy atom. The molecule has 0 aromatic carbocycles. The SMILES string of the molecule is O=C1NCC(O)CC12CCNCC2. The first-order valence-corrected chi connectivity index (χ1v) is 4.90. The largest absolute Gasteiger partial charge is 0.391 e. The molecule has 4 heteroatoms. The molecule has 2 aliphatic heterocycles. The second-order valence-corrected chi connectivity index (χ2v) is 4.10. The van der Waals surface area contributed by atoms with Crippen molar-refractivity contribution in [1.82, 2.24) is 10.6 Å². The fraction of sp³-hybridized carbons (Fsp3) is 0.889. The molecule has 0 saturated carbocycles. The molecule has 74 valence electrons. The molecule has 2 saturated heterocycles. The zero-order chi connectivity index (χ0) is 9.31. The molecule has 0 aliphatic carbocycles. The number of hydrogen-bond donors (Lipinski definition) is 3. The maximum atomic E-state index is 11.7. The van der Waals surface area contributed by atoms with Crippen LogP contribution in [0.1, 0.15) is 19.3 Å². The Hall–Kier alpha value is -0.610. The number of aliphatic hydroxyl groups is 1. The van der Waals surface area contributed by atoms with E-state index in [2.05, 4.69) is 10.6 Å². The molecule has 13 heavy (non-hydrogen) atoms. The van der Waals surface area contributed by atoms with E-state index in [0.717, 1.165) is 25.9 Å². The van der Waals surface area contributed by atoms with Crippen LogP contribution in [0.3, 0.4) is 0 Å². The van der Waals surface area contributed by atoms with Crippen molar-refractivity contribution in [2.24, 2.45) is 5.41 Å². The molecule has 2 aliphatic rings. The number of piperidine rings is 2. The highest BCUT2D eigenvalue weighted by Gasteiger charge is 2.43. The minimum atomic E-state index is -0.351. The van der Waals surface area contributed by atoms with E-state index < -0.39 is 0 Å². The Morgan fingerprint density at radius 2 is 2.08 bits per heavy atom. The topological polar surface area (TPSA) is 61.4 Å². The van der Waals surface area contributed by atoms with Gasteiger partial charge in [-0.1, -0.05) is 0 Å². The highest BCUT2D eigenvalue weighted by molar-refractivity contribution is 5.83. The van der Waals surface area contributed by atoms with E-state index >= 15 is 0 Å². The Morgan fingerprint density at radius 3 is 2.77 bits per heavy atom. The number of hydrogen-bond acceptors (Lipinski definition) is 3. The van der Waals surface area contributed by atoms with E-state index in [1.54, 1.807) is 0 Å². The Balaban J connectivity index is 2.11. The molecular weight excluding hydrogens is 168 g/mol. The average molecular weight is 184 g/mol. The van der Waals surface area contributed by atoms with Crippen molar-refractivity contribution in [1.29, 1.82) is 0 Å².